The number of aromatic nitrogens is 5. The van der Waals surface area contributed by atoms with Gasteiger partial charge in [0.15, 0.2) is 0 Å². The molecule has 1 fully saturated rings. The van der Waals surface area contributed by atoms with Gasteiger partial charge in [-0.25, -0.2) is 32.3 Å². The number of benzene rings is 1. The van der Waals surface area contributed by atoms with Crippen molar-refractivity contribution in [3.63, 3.8) is 0 Å². The summed E-state index contributed by atoms with van der Waals surface area (Å²) >= 11 is 0. The number of aryl methyl sites for hydroxylation is 1. The Kier molecular flexibility index (Phi) is 6.50. The summed E-state index contributed by atoms with van der Waals surface area (Å²) in [6, 6.07) is 6.58. The van der Waals surface area contributed by atoms with E-state index in [4.69, 9.17) is 4.98 Å². The van der Waals surface area contributed by atoms with E-state index in [9.17, 15) is 22.4 Å². The molecule has 1 N–H and O–H groups in total. The number of rotatable bonds is 4. The topological polar surface area (TPSA) is 80.9 Å². The summed E-state index contributed by atoms with van der Waals surface area (Å²) in [6.45, 7) is 1.16. The van der Waals surface area contributed by atoms with Crippen LogP contribution >= 0.6 is 0 Å². The molecule has 6 rings (SSSR count). The zero-order valence-corrected chi connectivity index (χ0v) is 22.2. The first kappa shape index (κ1) is 26.3. The molecular formula is C28H29F4N7O. The van der Waals surface area contributed by atoms with Gasteiger partial charge in [-0.05, 0) is 25.0 Å². The highest BCUT2D eigenvalue weighted by molar-refractivity contribution is 5.96. The predicted octanol–water partition coefficient (Wildman–Crippen LogP) is 5.88. The van der Waals surface area contributed by atoms with Gasteiger partial charge in [-0.1, -0.05) is 12.1 Å². The molecule has 0 bridgehead atoms. The summed E-state index contributed by atoms with van der Waals surface area (Å²) in [5, 5.41) is 7.26. The van der Waals surface area contributed by atoms with Gasteiger partial charge in [-0.15, -0.1) is 0 Å². The van der Waals surface area contributed by atoms with E-state index in [0.29, 0.717) is 59.5 Å². The van der Waals surface area contributed by atoms with Crippen molar-refractivity contribution in [2.75, 3.05) is 13.6 Å². The Morgan fingerprint density at radius 1 is 1.12 bits per heavy atom. The molecular weight excluding hydrogens is 526 g/mol. The Morgan fingerprint density at radius 3 is 2.58 bits per heavy atom. The first-order valence-electron chi connectivity index (χ1n) is 13.3. The Bertz CT molecular complexity index is 1590. The van der Waals surface area contributed by atoms with Gasteiger partial charge in [0.1, 0.15) is 5.82 Å². The number of halogens is 4. The number of carbonyl (C=O) groups excluding carboxylic acids is 1. The van der Waals surface area contributed by atoms with Crippen LogP contribution in [-0.2, 0) is 20.1 Å². The van der Waals surface area contributed by atoms with Crippen molar-refractivity contribution in [3.8, 4) is 22.5 Å². The van der Waals surface area contributed by atoms with Crippen LogP contribution in [0.3, 0.4) is 0 Å². The number of hydrogen-bond donors (Lipinski definition) is 1. The third kappa shape index (κ3) is 4.58. The summed E-state index contributed by atoms with van der Waals surface area (Å²) < 4.78 is 60.2. The minimum atomic E-state index is -2.78. The van der Waals surface area contributed by atoms with Crippen LogP contribution in [0.5, 0.6) is 0 Å². The molecule has 0 radical (unpaired) electrons. The summed E-state index contributed by atoms with van der Waals surface area (Å²) in [7, 11) is 3.27. The molecule has 4 aromatic rings. The highest BCUT2D eigenvalue weighted by Crippen LogP contribution is 2.43. The minimum absolute atomic E-state index is 0.152. The normalized spacial score (nSPS) is 17.4. The minimum Gasteiger partial charge on any atom is -0.341 e. The van der Waals surface area contributed by atoms with Gasteiger partial charge in [0.25, 0.3) is 6.43 Å². The molecule has 40 heavy (non-hydrogen) atoms. The van der Waals surface area contributed by atoms with Gasteiger partial charge >= 0.3 is 6.03 Å². The average Bonchev–Trinajstić information content (AvgIpc) is 3.55. The maximum Gasteiger partial charge on any atom is 0.317 e. The number of carbonyl (C=O) groups is 1. The van der Waals surface area contributed by atoms with Crippen LogP contribution in [0, 0.1) is 0 Å². The maximum atomic E-state index is 14.3. The largest absolute Gasteiger partial charge is 0.341 e. The van der Waals surface area contributed by atoms with Gasteiger partial charge in [-0.2, -0.15) is 5.10 Å². The third-order valence-corrected chi connectivity index (χ3v) is 7.98. The maximum absolute atomic E-state index is 14.3. The van der Waals surface area contributed by atoms with Crippen LogP contribution in [0.25, 0.3) is 33.4 Å². The van der Waals surface area contributed by atoms with E-state index in [2.05, 4.69) is 15.4 Å². The molecule has 0 saturated heterocycles. The van der Waals surface area contributed by atoms with E-state index in [-0.39, 0.29) is 42.6 Å². The van der Waals surface area contributed by atoms with Gasteiger partial charge in [0.2, 0.25) is 5.92 Å². The SMILES string of the molecule is CNC(=O)N1CCn2c(C3CCC(F)(F)CC3)nc(-c3cccc4nc(-c5cnn(C)c5)c(C(F)F)cc34)c2C1. The monoisotopic (exact) mass is 555 g/mol. The first-order chi connectivity index (χ1) is 19.1. The number of urea groups is 1. The lowest BCUT2D eigenvalue weighted by Crippen LogP contribution is -2.43. The summed E-state index contributed by atoms with van der Waals surface area (Å²) in [5.41, 5.74) is 2.87. The number of nitrogens with one attached hydrogen (secondary N) is 1. The highest BCUT2D eigenvalue weighted by atomic mass is 19.3. The van der Waals surface area contributed by atoms with Gasteiger partial charge in [-0.3, -0.25) is 4.68 Å². The van der Waals surface area contributed by atoms with E-state index < -0.39 is 12.3 Å². The fourth-order valence-electron chi connectivity index (χ4n) is 5.91. The molecule has 1 aromatic carbocycles. The smallest absolute Gasteiger partial charge is 0.317 e. The Morgan fingerprint density at radius 2 is 1.90 bits per heavy atom. The highest BCUT2D eigenvalue weighted by Gasteiger charge is 2.38. The van der Waals surface area contributed by atoms with E-state index >= 15 is 0 Å². The van der Waals surface area contributed by atoms with Crippen LogP contribution in [0.15, 0.2) is 36.7 Å². The van der Waals surface area contributed by atoms with Gasteiger partial charge in [0.05, 0.1) is 35.3 Å². The molecule has 210 valence electrons. The first-order valence-corrected chi connectivity index (χ1v) is 13.3. The van der Waals surface area contributed by atoms with E-state index in [0.717, 1.165) is 5.69 Å². The van der Waals surface area contributed by atoms with Crippen molar-refractivity contribution in [1.82, 2.24) is 34.5 Å². The number of fused-ring (bicyclic) bond motifs is 2. The Labute approximate surface area is 228 Å². The van der Waals surface area contributed by atoms with Crippen LogP contribution in [0.4, 0.5) is 22.4 Å². The zero-order chi connectivity index (χ0) is 28.2. The molecule has 4 heterocycles. The molecule has 1 aliphatic carbocycles. The average molecular weight is 556 g/mol. The molecule has 1 saturated carbocycles. The predicted molar refractivity (Wildman–Crippen MR) is 141 cm³/mol. The lowest BCUT2D eigenvalue weighted by molar-refractivity contribution is -0.0390. The van der Waals surface area contributed by atoms with Crippen molar-refractivity contribution in [3.05, 3.63) is 53.7 Å². The molecule has 8 nitrogen and oxygen atoms in total. The summed E-state index contributed by atoms with van der Waals surface area (Å²) in [5.74, 6) is -2.12. The Balaban J connectivity index is 1.51. The van der Waals surface area contributed by atoms with Crippen LogP contribution in [0.1, 0.15) is 55.1 Å². The van der Waals surface area contributed by atoms with Crippen LogP contribution in [0.2, 0.25) is 0 Å². The number of alkyl halides is 4. The van der Waals surface area contributed by atoms with Gasteiger partial charge < -0.3 is 14.8 Å². The van der Waals surface area contributed by atoms with Gasteiger partial charge in [0, 0.05) is 74.2 Å². The lowest BCUT2D eigenvalue weighted by Gasteiger charge is -2.32. The summed E-state index contributed by atoms with van der Waals surface area (Å²) in [4.78, 5) is 23.8. The molecule has 1 aliphatic heterocycles. The van der Waals surface area contributed by atoms with Crippen molar-refractivity contribution >= 4 is 16.9 Å². The summed E-state index contributed by atoms with van der Waals surface area (Å²) in [6.07, 6.45) is 0.580. The molecule has 2 aliphatic rings. The molecule has 2 amide bonds. The molecule has 0 atom stereocenters. The number of pyridine rings is 1. The standard InChI is InChI=1S/C28H29F4N7O/c1-33-27(40)38-10-11-39-22(15-38)24(36-26(39)16-6-8-28(31,32)9-7-16)18-4-3-5-21-19(18)12-20(25(29)30)23(35-21)17-13-34-37(2)14-17/h3-5,12-14,16,25H,6-11,15H2,1-2H3,(H,33,40). The van der Waals surface area contributed by atoms with E-state index in [1.54, 1.807) is 37.3 Å². The number of imidazole rings is 1. The zero-order valence-electron chi connectivity index (χ0n) is 22.2. The fourth-order valence-corrected chi connectivity index (χ4v) is 5.91. The third-order valence-electron chi connectivity index (χ3n) is 7.98. The second-order valence-corrected chi connectivity index (χ2v) is 10.5. The lowest BCUT2D eigenvalue weighted by atomic mass is 9.86. The quantitative estimate of drug-likeness (QED) is 0.319. The van der Waals surface area contributed by atoms with Crippen molar-refractivity contribution in [2.24, 2.45) is 7.05 Å². The molecule has 12 heteroatoms. The van der Waals surface area contributed by atoms with Crippen molar-refractivity contribution in [2.45, 2.75) is 57.0 Å². The Hall–Kier alpha value is -3.96. The van der Waals surface area contributed by atoms with E-state index in [1.807, 2.05) is 10.6 Å². The fraction of sp³-hybridized carbons (Fsp3) is 0.429. The number of hydrogen-bond acceptors (Lipinski definition) is 4. The molecule has 3 aromatic heterocycles. The molecule has 0 unspecified atom stereocenters. The van der Waals surface area contributed by atoms with Crippen molar-refractivity contribution in [1.29, 1.82) is 0 Å². The van der Waals surface area contributed by atoms with E-state index in [1.165, 1.54) is 16.9 Å². The number of amides is 2. The number of nitrogens with zero attached hydrogens (tertiary/aromatic N) is 6. The van der Waals surface area contributed by atoms with Crippen LogP contribution in [-0.4, -0.2) is 54.8 Å². The molecule has 0 spiro atoms. The second kappa shape index (κ2) is 9.90. The second-order valence-electron chi connectivity index (χ2n) is 10.5. The van der Waals surface area contributed by atoms with Crippen LogP contribution < -0.4 is 5.32 Å². The van der Waals surface area contributed by atoms with Crippen molar-refractivity contribution < 1.29 is 22.4 Å².